The van der Waals surface area contributed by atoms with Crippen molar-refractivity contribution >= 4 is 28.7 Å². The molecular weight excluding hydrogens is 264 g/mol. The van der Waals surface area contributed by atoms with Gasteiger partial charge in [-0.25, -0.2) is 4.98 Å². The summed E-state index contributed by atoms with van der Waals surface area (Å²) in [6.07, 6.45) is 0. The molecule has 6 nitrogen and oxygen atoms in total. The molecule has 0 spiro atoms. The summed E-state index contributed by atoms with van der Waals surface area (Å²) in [5.41, 5.74) is 1.05. The number of hydrogen-bond acceptors (Lipinski definition) is 6. The van der Waals surface area contributed by atoms with E-state index in [2.05, 4.69) is 15.6 Å². The first-order valence-electron chi connectivity index (χ1n) is 5.73. The maximum absolute atomic E-state index is 11.0. The van der Waals surface area contributed by atoms with E-state index in [0.717, 1.165) is 5.56 Å². The standard InChI is InChI=1S/C12H14N4O2S/c1-8(9-5-6-19-7-9)14-12-10(16(17)18)3-4-11(13-2)15-12/h3-8H,1-2H3,(H2,13,14,15). The Morgan fingerprint density at radius 1 is 1.42 bits per heavy atom. The van der Waals surface area contributed by atoms with Gasteiger partial charge in [-0.3, -0.25) is 10.1 Å². The second-order valence-electron chi connectivity index (χ2n) is 3.99. The van der Waals surface area contributed by atoms with Gasteiger partial charge in [-0.05, 0) is 35.4 Å². The molecule has 0 amide bonds. The summed E-state index contributed by atoms with van der Waals surface area (Å²) >= 11 is 1.59. The zero-order chi connectivity index (χ0) is 13.8. The summed E-state index contributed by atoms with van der Waals surface area (Å²) in [5.74, 6) is 0.862. The van der Waals surface area contributed by atoms with E-state index in [-0.39, 0.29) is 17.5 Å². The van der Waals surface area contributed by atoms with Gasteiger partial charge in [0.25, 0.3) is 0 Å². The Balaban J connectivity index is 2.29. The first-order valence-corrected chi connectivity index (χ1v) is 6.68. The Morgan fingerprint density at radius 2 is 2.21 bits per heavy atom. The third-order valence-electron chi connectivity index (χ3n) is 2.72. The fourth-order valence-corrected chi connectivity index (χ4v) is 2.41. The van der Waals surface area contributed by atoms with Crippen LogP contribution in [0.3, 0.4) is 0 Å². The van der Waals surface area contributed by atoms with Crippen molar-refractivity contribution in [3.63, 3.8) is 0 Å². The third kappa shape index (κ3) is 3.00. The number of nitro groups is 1. The molecular formula is C12H14N4O2S. The number of anilines is 2. The molecule has 0 bridgehead atoms. The molecule has 0 aromatic carbocycles. The number of aromatic nitrogens is 1. The van der Waals surface area contributed by atoms with Gasteiger partial charge in [0.15, 0.2) is 0 Å². The Morgan fingerprint density at radius 3 is 2.79 bits per heavy atom. The third-order valence-corrected chi connectivity index (χ3v) is 3.42. The van der Waals surface area contributed by atoms with Crippen LogP contribution in [0.1, 0.15) is 18.5 Å². The predicted octanol–water partition coefficient (Wildman–Crippen LogP) is 3.27. The van der Waals surface area contributed by atoms with E-state index in [4.69, 9.17) is 0 Å². The fraction of sp³-hybridized carbons (Fsp3) is 0.250. The van der Waals surface area contributed by atoms with Gasteiger partial charge in [-0.2, -0.15) is 11.3 Å². The number of rotatable bonds is 5. The van der Waals surface area contributed by atoms with Crippen molar-refractivity contribution < 1.29 is 4.92 Å². The van der Waals surface area contributed by atoms with Gasteiger partial charge in [-0.1, -0.05) is 0 Å². The van der Waals surface area contributed by atoms with E-state index < -0.39 is 4.92 Å². The Hall–Kier alpha value is -2.15. The Labute approximate surface area is 114 Å². The first-order chi connectivity index (χ1) is 9.11. The van der Waals surface area contributed by atoms with Gasteiger partial charge in [0.05, 0.1) is 11.0 Å². The van der Waals surface area contributed by atoms with Crippen molar-refractivity contribution in [2.24, 2.45) is 0 Å². The SMILES string of the molecule is CNc1ccc([N+](=O)[O-])c(NC(C)c2ccsc2)n1. The molecule has 0 fully saturated rings. The highest BCUT2D eigenvalue weighted by atomic mass is 32.1. The van der Waals surface area contributed by atoms with Gasteiger partial charge < -0.3 is 10.6 Å². The number of hydrogen-bond donors (Lipinski definition) is 2. The molecule has 19 heavy (non-hydrogen) atoms. The van der Waals surface area contributed by atoms with Crippen LogP contribution in [0.4, 0.5) is 17.3 Å². The van der Waals surface area contributed by atoms with E-state index in [0.29, 0.717) is 5.82 Å². The van der Waals surface area contributed by atoms with E-state index in [1.165, 1.54) is 6.07 Å². The first kappa shape index (κ1) is 13.3. The lowest BCUT2D eigenvalue weighted by Crippen LogP contribution is -2.10. The maximum Gasteiger partial charge on any atom is 0.311 e. The summed E-state index contributed by atoms with van der Waals surface area (Å²) in [6, 6.07) is 4.97. The van der Waals surface area contributed by atoms with Crippen LogP contribution in [0.25, 0.3) is 0 Å². The molecule has 0 saturated carbocycles. The van der Waals surface area contributed by atoms with Crippen LogP contribution in [0, 0.1) is 10.1 Å². The molecule has 2 rings (SSSR count). The molecule has 2 heterocycles. The van der Waals surface area contributed by atoms with Crippen LogP contribution in [0.2, 0.25) is 0 Å². The van der Waals surface area contributed by atoms with E-state index in [1.54, 1.807) is 24.5 Å². The second-order valence-corrected chi connectivity index (χ2v) is 4.77. The van der Waals surface area contributed by atoms with E-state index in [9.17, 15) is 10.1 Å². The minimum absolute atomic E-state index is 0.0268. The molecule has 0 saturated heterocycles. The lowest BCUT2D eigenvalue weighted by molar-refractivity contribution is -0.384. The van der Waals surface area contributed by atoms with E-state index >= 15 is 0 Å². The van der Waals surface area contributed by atoms with Crippen molar-refractivity contribution in [2.75, 3.05) is 17.7 Å². The van der Waals surface area contributed by atoms with E-state index in [1.807, 2.05) is 23.8 Å². The summed E-state index contributed by atoms with van der Waals surface area (Å²) < 4.78 is 0. The van der Waals surface area contributed by atoms with Crippen LogP contribution in [0.15, 0.2) is 29.0 Å². The van der Waals surface area contributed by atoms with Gasteiger partial charge in [0, 0.05) is 13.1 Å². The predicted molar refractivity (Wildman–Crippen MR) is 76.8 cm³/mol. The molecule has 1 unspecified atom stereocenters. The molecule has 7 heteroatoms. The van der Waals surface area contributed by atoms with Gasteiger partial charge in [0.2, 0.25) is 5.82 Å². The topological polar surface area (TPSA) is 80.1 Å². The molecule has 0 radical (unpaired) electrons. The average molecular weight is 278 g/mol. The summed E-state index contributed by atoms with van der Waals surface area (Å²) in [7, 11) is 1.72. The quantitative estimate of drug-likeness (QED) is 0.648. The van der Waals surface area contributed by atoms with Crippen LogP contribution in [-0.4, -0.2) is 17.0 Å². The molecule has 2 aromatic heterocycles. The van der Waals surface area contributed by atoms with Crippen molar-refractivity contribution in [2.45, 2.75) is 13.0 Å². The number of pyridine rings is 1. The Kier molecular flexibility index (Phi) is 3.96. The largest absolute Gasteiger partial charge is 0.373 e. The van der Waals surface area contributed by atoms with Crippen LogP contribution >= 0.6 is 11.3 Å². The van der Waals surface area contributed by atoms with Gasteiger partial charge in [0.1, 0.15) is 5.82 Å². The molecule has 100 valence electrons. The van der Waals surface area contributed by atoms with Crippen LogP contribution < -0.4 is 10.6 Å². The molecule has 2 aromatic rings. The summed E-state index contributed by atoms with van der Waals surface area (Å²) in [5, 5.41) is 20.9. The molecule has 0 aliphatic carbocycles. The van der Waals surface area contributed by atoms with Crippen molar-refractivity contribution in [3.8, 4) is 0 Å². The van der Waals surface area contributed by atoms with Crippen molar-refractivity contribution in [1.82, 2.24) is 4.98 Å². The summed E-state index contributed by atoms with van der Waals surface area (Å²) in [4.78, 5) is 14.8. The number of nitrogens with zero attached hydrogens (tertiary/aromatic N) is 2. The number of thiophene rings is 1. The van der Waals surface area contributed by atoms with Crippen molar-refractivity contribution in [1.29, 1.82) is 0 Å². The smallest absolute Gasteiger partial charge is 0.311 e. The highest BCUT2D eigenvalue weighted by molar-refractivity contribution is 7.07. The van der Waals surface area contributed by atoms with Crippen LogP contribution in [0.5, 0.6) is 0 Å². The number of nitrogens with one attached hydrogen (secondary N) is 2. The van der Waals surface area contributed by atoms with Gasteiger partial charge >= 0.3 is 5.69 Å². The normalized spacial score (nSPS) is 11.9. The zero-order valence-corrected chi connectivity index (χ0v) is 11.4. The fourth-order valence-electron chi connectivity index (χ4n) is 1.65. The lowest BCUT2D eigenvalue weighted by Gasteiger charge is -2.14. The molecule has 0 aliphatic heterocycles. The van der Waals surface area contributed by atoms with Crippen molar-refractivity contribution in [3.05, 3.63) is 44.6 Å². The summed E-state index contributed by atoms with van der Waals surface area (Å²) in [6.45, 7) is 1.94. The Bertz CT molecular complexity index is 571. The maximum atomic E-state index is 11.0. The molecule has 2 N–H and O–H groups in total. The van der Waals surface area contributed by atoms with Crippen LogP contribution in [-0.2, 0) is 0 Å². The van der Waals surface area contributed by atoms with Gasteiger partial charge in [-0.15, -0.1) is 0 Å². The molecule has 0 aliphatic rings. The lowest BCUT2D eigenvalue weighted by atomic mass is 10.2. The zero-order valence-electron chi connectivity index (χ0n) is 10.6. The second kappa shape index (κ2) is 5.66. The minimum Gasteiger partial charge on any atom is -0.373 e. The highest BCUT2D eigenvalue weighted by Crippen LogP contribution is 2.28. The minimum atomic E-state index is -0.435. The highest BCUT2D eigenvalue weighted by Gasteiger charge is 2.18. The average Bonchev–Trinajstić information content (AvgIpc) is 2.92. The molecule has 1 atom stereocenters. The monoisotopic (exact) mass is 278 g/mol.